The number of nitrogens with zero attached hydrogens (tertiary/aromatic N) is 3. The Morgan fingerprint density at radius 3 is 2.61 bits per heavy atom. The second-order valence-corrected chi connectivity index (χ2v) is 8.45. The highest BCUT2D eigenvalue weighted by molar-refractivity contribution is 8.18. The van der Waals surface area contributed by atoms with Crippen LogP contribution >= 0.6 is 23.4 Å². The molecule has 0 radical (unpaired) electrons. The molecule has 2 saturated heterocycles. The van der Waals surface area contributed by atoms with Gasteiger partial charge in [0.1, 0.15) is 0 Å². The van der Waals surface area contributed by atoms with E-state index in [1.54, 1.807) is 25.3 Å². The van der Waals surface area contributed by atoms with Crippen LogP contribution in [-0.4, -0.2) is 61.5 Å². The third-order valence-corrected chi connectivity index (χ3v) is 6.37. The number of hydrogen-bond acceptors (Lipinski definition) is 7. The number of methoxy groups -OCH3 is 1. The fraction of sp³-hybridized carbons (Fsp3) is 0.273. The summed E-state index contributed by atoms with van der Waals surface area (Å²) in [5, 5.41) is 10.6. The first kappa shape index (κ1) is 21.5. The van der Waals surface area contributed by atoms with E-state index in [1.165, 1.54) is 23.8 Å². The number of anilines is 1. The summed E-state index contributed by atoms with van der Waals surface area (Å²) in [6.45, 7) is 3.23. The molecule has 0 atom stereocenters. The molecule has 7 nitrogen and oxygen atoms in total. The van der Waals surface area contributed by atoms with Crippen molar-refractivity contribution in [1.29, 1.82) is 0 Å². The van der Waals surface area contributed by atoms with Gasteiger partial charge in [-0.15, -0.1) is 0 Å². The molecule has 2 aromatic carbocycles. The smallest absolute Gasteiger partial charge is 0.266 e. The Bertz CT molecular complexity index is 1050. The van der Waals surface area contributed by atoms with E-state index in [1.807, 2.05) is 24.3 Å². The number of amides is 1. The van der Waals surface area contributed by atoms with E-state index >= 15 is 0 Å². The maximum atomic E-state index is 12.7. The van der Waals surface area contributed by atoms with Gasteiger partial charge in [-0.1, -0.05) is 11.6 Å². The highest BCUT2D eigenvalue weighted by Gasteiger charge is 2.30. The average molecular weight is 460 g/mol. The van der Waals surface area contributed by atoms with Crippen molar-refractivity contribution in [2.24, 2.45) is 4.99 Å². The number of likely N-dealkylation sites (N-methyl/N-ethyl adjacent to an activating group) is 1. The minimum Gasteiger partial charge on any atom is -0.503 e. The third-order valence-electron chi connectivity index (χ3n) is 5.02. The molecule has 2 fully saturated rings. The molecule has 0 saturated carbocycles. The van der Waals surface area contributed by atoms with Crippen LogP contribution in [0.1, 0.15) is 5.56 Å². The highest BCUT2D eigenvalue weighted by atomic mass is 35.5. The Hall–Kier alpha value is -2.68. The topological polar surface area (TPSA) is 74.6 Å². The molecule has 0 aliphatic carbocycles. The van der Waals surface area contributed by atoms with Gasteiger partial charge in [0.05, 0.1) is 35.9 Å². The van der Waals surface area contributed by atoms with Gasteiger partial charge in [-0.05, 0) is 59.8 Å². The van der Waals surface area contributed by atoms with Crippen LogP contribution in [0.3, 0.4) is 0 Å². The van der Waals surface area contributed by atoms with Gasteiger partial charge in [0.2, 0.25) is 0 Å². The van der Waals surface area contributed by atoms with E-state index in [-0.39, 0.29) is 22.4 Å². The fourth-order valence-electron chi connectivity index (χ4n) is 3.31. The van der Waals surface area contributed by atoms with Gasteiger partial charge in [-0.2, -0.15) is 0 Å². The molecular formula is C22H22ClN3O4S. The van der Waals surface area contributed by atoms with E-state index in [0.29, 0.717) is 15.6 Å². The molecule has 2 aliphatic heterocycles. The van der Waals surface area contributed by atoms with E-state index < -0.39 is 0 Å². The van der Waals surface area contributed by atoms with Crippen molar-refractivity contribution in [3.8, 4) is 11.5 Å². The molecule has 2 aliphatic rings. The Labute approximate surface area is 189 Å². The summed E-state index contributed by atoms with van der Waals surface area (Å²) in [5.41, 5.74) is 2.56. The summed E-state index contributed by atoms with van der Waals surface area (Å²) in [5.74, 6) is -0.0362. The molecule has 2 aromatic rings. The average Bonchev–Trinajstić information content (AvgIpc) is 3.05. The van der Waals surface area contributed by atoms with Crippen LogP contribution in [0.15, 0.2) is 46.3 Å². The van der Waals surface area contributed by atoms with Crippen LogP contribution in [0.25, 0.3) is 6.08 Å². The van der Waals surface area contributed by atoms with E-state index in [9.17, 15) is 9.90 Å². The van der Waals surface area contributed by atoms with Crippen molar-refractivity contribution in [2.75, 3.05) is 45.4 Å². The van der Waals surface area contributed by atoms with Crippen LogP contribution < -0.4 is 9.64 Å². The van der Waals surface area contributed by atoms with E-state index in [2.05, 4.69) is 9.89 Å². The van der Waals surface area contributed by atoms with Crippen molar-refractivity contribution >= 4 is 51.9 Å². The zero-order chi connectivity index (χ0) is 22.0. The number of ether oxygens (including phenoxy) is 2. The van der Waals surface area contributed by atoms with Crippen LogP contribution in [0.5, 0.6) is 11.5 Å². The first-order valence-electron chi connectivity index (χ1n) is 9.72. The molecule has 0 spiro atoms. The monoisotopic (exact) mass is 459 g/mol. The van der Waals surface area contributed by atoms with Crippen LogP contribution in [0.4, 0.5) is 11.4 Å². The summed E-state index contributed by atoms with van der Waals surface area (Å²) in [7, 11) is 3.14. The Balaban J connectivity index is 1.54. The summed E-state index contributed by atoms with van der Waals surface area (Å²) in [6.07, 6.45) is 1.71. The number of aliphatic imine (C=N–C) groups is 1. The number of hydrogen-bond donors (Lipinski definition) is 1. The van der Waals surface area contributed by atoms with Crippen molar-refractivity contribution in [3.05, 3.63) is 51.9 Å². The maximum Gasteiger partial charge on any atom is 0.266 e. The number of aromatic hydroxyl groups is 1. The van der Waals surface area contributed by atoms with Crippen molar-refractivity contribution in [2.45, 2.75) is 0 Å². The number of benzene rings is 2. The predicted octanol–water partition coefficient (Wildman–Crippen LogP) is 4.12. The quantitative estimate of drug-likeness (QED) is 0.693. The van der Waals surface area contributed by atoms with Crippen LogP contribution in [-0.2, 0) is 9.53 Å². The molecule has 4 rings (SSSR count). The number of thioether (sulfide) groups is 1. The molecule has 0 unspecified atom stereocenters. The first-order valence-corrected chi connectivity index (χ1v) is 10.9. The number of carbonyl (C=O) groups is 1. The molecule has 1 N–H and O–H groups in total. The van der Waals surface area contributed by atoms with Gasteiger partial charge in [-0.25, -0.2) is 4.99 Å². The Kier molecular flexibility index (Phi) is 6.41. The zero-order valence-electron chi connectivity index (χ0n) is 17.2. The Morgan fingerprint density at radius 1 is 1.23 bits per heavy atom. The molecule has 0 bridgehead atoms. The Morgan fingerprint density at radius 2 is 1.94 bits per heavy atom. The molecular weight excluding hydrogens is 438 g/mol. The minimum absolute atomic E-state index is 0.128. The van der Waals surface area contributed by atoms with E-state index in [0.717, 1.165) is 37.7 Å². The number of phenolic OH excluding ortho intramolecular Hbond substituents is 1. The first-order chi connectivity index (χ1) is 15.0. The number of amidine groups is 1. The molecule has 9 heteroatoms. The summed E-state index contributed by atoms with van der Waals surface area (Å²) < 4.78 is 10.5. The predicted molar refractivity (Wildman–Crippen MR) is 125 cm³/mol. The summed E-state index contributed by atoms with van der Waals surface area (Å²) in [4.78, 5) is 21.6. The molecule has 31 heavy (non-hydrogen) atoms. The summed E-state index contributed by atoms with van der Waals surface area (Å²) in [6, 6.07) is 11.2. The fourth-order valence-corrected chi connectivity index (χ4v) is 4.51. The second kappa shape index (κ2) is 9.21. The summed E-state index contributed by atoms with van der Waals surface area (Å²) >= 11 is 7.34. The van der Waals surface area contributed by atoms with Gasteiger partial charge in [0.15, 0.2) is 16.7 Å². The normalized spacial score (nSPS) is 19.5. The SMILES string of the molecule is COc1cc(/C=C2\SC(=Nc3ccc(N4CCOCC4)cc3)N(C)C2=O)cc(Cl)c1O. The second-order valence-electron chi connectivity index (χ2n) is 7.04. The van der Waals surface area contributed by atoms with Gasteiger partial charge in [0.25, 0.3) is 5.91 Å². The number of phenols is 1. The lowest BCUT2D eigenvalue weighted by Gasteiger charge is -2.28. The lowest BCUT2D eigenvalue weighted by atomic mass is 10.2. The van der Waals surface area contributed by atoms with Gasteiger partial charge >= 0.3 is 0 Å². The van der Waals surface area contributed by atoms with Crippen LogP contribution in [0.2, 0.25) is 5.02 Å². The largest absolute Gasteiger partial charge is 0.503 e. The minimum atomic E-state index is -0.156. The van der Waals surface area contributed by atoms with Gasteiger partial charge in [0, 0.05) is 25.8 Å². The van der Waals surface area contributed by atoms with Gasteiger partial charge in [-0.3, -0.25) is 9.69 Å². The highest BCUT2D eigenvalue weighted by Crippen LogP contribution is 2.38. The number of morpholine rings is 1. The lowest BCUT2D eigenvalue weighted by molar-refractivity contribution is -0.121. The molecule has 162 valence electrons. The molecule has 2 heterocycles. The number of carbonyl (C=O) groups excluding carboxylic acids is 1. The number of halogens is 1. The third kappa shape index (κ3) is 4.66. The molecule has 0 aromatic heterocycles. The lowest BCUT2D eigenvalue weighted by Crippen LogP contribution is -2.36. The van der Waals surface area contributed by atoms with E-state index in [4.69, 9.17) is 21.1 Å². The van der Waals surface area contributed by atoms with Gasteiger partial charge < -0.3 is 19.5 Å². The standard InChI is InChI=1S/C22H22ClN3O4S/c1-25-21(28)19(13-14-11-17(23)20(27)18(12-14)29-2)31-22(25)24-15-3-5-16(6-4-15)26-7-9-30-10-8-26/h3-6,11-13,27H,7-10H2,1-2H3/b19-13-,24-22?. The number of rotatable bonds is 4. The molecule has 1 amide bonds. The van der Waals surface area contributed by atoms with Crippen LogP contribution in [0, 0.1) is 0 Å². The van der Waals surface area contributed by atoms with Crippen molar-refractivity contribution in [3.63, 3.8) is 0 Å². The zero-order valence-corrected chi connectivity index (χ0v) is 18.7. The maximum absolute atomic E-state index is 12.7. The van der Waals surface area contributed by atoms with Crippen molar-refractivity contribution < 1.29 is 19.4 Å². The van der Waals surface area contributed by atoms with Crippen molar-refractivity contribution in [1.82, 2.24) is 4.90 Å².